The van der Waals surface area contributed by atoms with Gasteiger partial charge in [0, 0.05) is 16.7 Å². The molecule has 2 aromatic heterocycles. The standard InChI is InChI=1S/C11H11NOS2/c1-8-12-10(7-14-8)11-5-4-9(15-11)3-2-6-13/h4-7H,2-3H2,1H3. The van der Waals surface area contributed by atoms with Gasteiger partial charge in [-0.05, 0) is 25.5 Å². The lowest BCUT2D eigenvalue weighted by atomic mass is 10.3. The third-order valence-electron chi connectivity index (χ3n) is 2.04. The molecule has 15 heavy (non-hydrogen) atoms. The van der Waals surface area contributed by atoms with Crippen molar-refractivity contribution in [1.29, 1.82) is 0 Å². The van der Waals surface area contributed by atoms with Gasteiger partial charge in [0.15, 0.2) is 0 Å². The fourth-order valence-electron chi connectivity index (χ4n) is 1.33. The van der Waals surface area contributed by atoms with E-state index in [-0.39, 0.29) is 0 Å². The highest BCUT2D eigenvalue weighted by molar-refractivity contribution is 7.16. The van der Waals surface area contributed by atoms with Crippen molar-refractivity contribution in [2.75, 3.05) is 0 Å². The van der Waals surface area contributed by atoms with Gasteiger partial charge in [0.2, 0.25) is 0 Å². The first-order chi connectivity index (χ1) is 7.29. The van der Waals surface area contributed by atoms with Gasteiger partial charge in [0.25, 0.3) is 0 Å². The van der Waals surface area contributed by atoms with Gasteiger partial charge in [-0.2, -0.15) is 0 Å². The highest BCUT2D eigenvalue weighted by atomic mass is 32.1. The van der Waals surface area contributed by atoms with Gasteiger partial charge in [0.1, 0.15) is 6.29 Å². The zero-order valence-electron chi connectivity index (χ0n) is 8.40. The molecule has 4 heteroatoms. The molecular weight excluding hydrogens is 226 g/mol. The second kappa shape index (κ2) is 4.68. The van der Waals surface area contributed by atoms with E-state index in [9.17, 15) is 4.79 Å². The van der Waals surface area contributed by atoms with E-state index < -0.39 is 0 Å². The fraction of sp³-hybridized carbons (Fsp3) is 0.273. The number of hydrogen-bond acceptors (Lipinski definition) is 4. The molecule has 0 radical (unpaired) electrons. The monoisotopic (exact) mass is 237 g/mol. The van der Waals surface area contributed by atoms with Crippen LogP contribution in [0.15, 0.2) is 17.5 Å². The number of carbonyl (C=O) groups excluding carboxylic acids is 1. The number of aldehydes is 1. The fourth-order valence-corrected chi connectivity index (χ4v) is 3.00. The molecule has 2 rings (SSSR count). The highest BCUT2D eigenvalue weighted by Crippen LogP contribution is 2.29. The van der Waals surface area contributed by atoms with Gasteiger partial charge in [0.05, 0.1) is 15.6 Å². The topological polar surface area (TPSA) is 30.0 Å². The lowest BCUT2D eigenvalue weighted by molar-refractivity contribution is -0.107. The van der Waals surface area contributed by atoms with E-state index >= 15 is 0 Å². The summed E-state index contributed by atoms with van der Waals surface area (Å²) in [5.41, 5.74) is 1.06. The first-order valence-electron chi connectivity index (χ1n) is 4.74. The van der Waals surface area contributed by atoms with Crippen LogP contribution in [0.4, 0.5) is 0 Å². The van der Waals surface area contributed by atoms with E-state index in [0.29, 0.717) is 6.42 Å². The summed E-state index contributed by atoms with van der Waals surface area (Å²) in [6.07, 6.45) is 2.42. The Labute approximate surface area is 96.6 Å². The summed E-state index contributed by atoms with van der Waals surface area (Å²) < 4.78 is 0. The number of aromatic nitrogens is 1. The summed E-state index contributed by atoms with van der Waals surface area (Å²) in [4.78, 5) is 17.1. The van der Waals surface area contributed by atoms with Gasteiger partial charge >= 0.3 is 0 Å². The molecule has 0 unspecified atom stereocenters. The molecule has 0 saturated heterocycles. The second-order valence-corrected chi connectivity index (χ2v) is 5.45. The van der Waals surface area contributed by atoms with Crippen LogP contribution in [0, 0.1) is 6.92 Å². The normalized spacial score (nSPS) is 10.5. The van der Waals surface area contributed by atoms with Crippen LogP contribution in [0.3, 0.4) is 0 Å². The quantitative estimate of drug-likeness (QED) is 0.764. The van der Waals surface area contributed by atoms with Crippen LogP contribution < -0.4 is 0 Å². The molecule has 0 aliphatic carbocycles. The third kappa shape index (κ3) is 2.52. The lowest BCUT2D eigenvalue weighted by Gasteiger charge is -1.89. The molecular formula is C11H11NOS2. The van der Waals surface area contributed by atoms with Gasteiger partial charge in [-0.25, -0.2) is 4.98 Å². The molecule has 0 aliphatic rings. The Hall–Kier alpha value is -1.00. The van der Waals surface area contributed by atoms with E-state index in [0.717, 1.165) is 23.4 Å². The van der Waals surface area contributed by atoms with Crippen molar-refractivity contribution in [3.8, 4) is 10.6 Å². The first-order valence-corrected chi connectivity index (χ1v) is 6.44. The minimum Gasteiger partial charge on any atom is -0.303 e. The van der Waals surface area contributed by atoms with Crippen LogP contribution in [0.25, 0.3) is 10.6 Å². The number of thiophene rings is 1. The summed E-state index contributed by atoms with van der Waals surface area (Å²) in [6.45, 7) is 2.01. The zero-order chi connectivity index (χ0) is 10.7. The zero-order valence-corrected chi connectivity index (χ0v) is 10.0. The predicted molar refractivity (Wildman–Crippen MR) is 64.5 cm³/mol. The van der Waals surface area contributed by atoms with Gasteiger partial charge < -0.3 is 4.79 Å². The SMILES string of the molecule is Cc1nc(-c2ccc(CCC=O)s2)cs1. The van der Waals surface area contributed by atoms with Crippen molar-refractivity contribution in [3.05, 3.63) is 27.4 Å². The van der Waals surface area contributed by atoms with Crippen molar-refractivity contribution >= 4 is 29.0 Å². The van der Waals surface area contributed by atoms with Crippen molar-refractivity contribution in [2.45, 2.75) is 19.8 Å². The number of aryl methyl sites for hydroxylation is 2. The average Bonchev–Trinajstić information content (AvgIpc) is 2.83. The largest absolute Gasteiger partial charge is 0.303 e. The van der Waals surface area contributed by atoms with Gasteiger partial charge in [-0.15, -0.1) is 22.7 Å². The molecule has 0 N–H and O–H groups in total. The Bertz CT molecular complexity index is 459. The number of hydrogen-bond donors (Lipinski definition) is 0. The Morgan fingerprint density at radius 1 is 1.47 bits per heavy atom. The van der Waals surface area contributed by atoms with E-state index in [1.54, 1.807) is 22.7 Å². The summed E-state index contributed by atoms with van der Waals surface area (Å²) in [6, 6.07) is 4.16. The smallest absolute Gasteiger partial charge is 0.120 e. The van der Waals surface area contributed by atoms with E-state index in [4.69, 9.17) is 0 Å². The molecule has 0 bridgehead atoms. The van der Waals surface area contributed by atoms with Crippen LogP contribution in [0.2, 0.25) is 0 Å². The van der Waals surface area contributed by atoms with Crippen molar-refractivity contribution in [3.63, 3.8) is 0 Å². The van der Waals surface area contributed by atoms with E-state index in [2.05, 4.69) is 22.5 Å². The van der Waals surface area contributed by atoms with Crippen molar-refractivity contribution in [1.82, 2.24) is 4.98 Å². The summed E-state index contributed by atoms with van der Waals surface area (Å²) >= 11 is 3.39. The number of nitrogens with zero attached hydrogens (tertiary/aromatic N) is 1. The summed E-state index contributed by atoms with van der Waals surface area (Å²) in [5.74, 6) is 0. The van der Waals surface area contributed by atoms with Crippen LogP contribution in [-0.2, 0) is 11.2 Å². The average molecular weight is 237 g/mol. The molecule has 78 valence electrons. The van der Waals surface area contributed by atoms with Crippen molar-refractivity contribution in [2.24, 2.45) is 0 Å². The molecule has 0 amide bonds. The Morgan fingerprint density at radius 2 is 2.33 bits per heavy atom. The molecule has 0 aliphatic heterocycles. The molecule has 0 spiro atoms. The van der Waals surface area contributed by atoms with Crippen LogP contribution in [-0.4, -0.2) is 11.3 Å². The van der Waals surface area contributed by atoms with Crippen molar-refractivity contribution < 1.29 is 4.79 Å². The molecule has 0 fully saturated rings. The third-order valence-corrected chi connectivity index (χ3v) is 3.98. The van der Waals surface area contributed by atoms with Crippen LogP contribution >= 0.6 is 22.7 Å². The molecule has 0 saturated carbocycles. The predicted octanol–water partition coefficient (Wildman–Crippen LogP) is 3.31. The van der Waals surface area contributed by atoms with Gasteiger partial charge in [-0.3, -0.25) is 0 Å². The lowest BCUT2D eigenvalue weighted by Crippen LogP contribution is -1.79. The number of rotatable bonds is 4. The molecule has 2 heterocycles. The molecule has 2 nitrogen and oxygen atoms in total. The first kappa shape index (κ1) is 10.5. The maximum atomic E-state index is 10.3. The maximum absolute atomic E-state index is 10.3. The summed E-state index contributed by atoms with van der Waals surface area (Å²) in [5, 5.41) is 3.16. The summed E-state index contributed by atoms with van der Waals surface area (Å²) in [7, 11) is 0. The highest BCUT2D eigenvalue weighted by Gasteiger charge is 2.05. The van der Waals surface area contributed by atoms with E-state index in [1.807, 2.05) is 6.92 Å². The second-order valence-electron chi connectivity index (χ2n) is 3.22. The minimum atomic E-state index is 0.607. The van der Waals surface area contributed by atoms with Crippen LogP contribution in [0.5, 0.6) is 0 Å². The minimum absolute atomic E-state index is 0.607. The molecule has 0 atom stereocenters. The number of carbonyl (C=O) groups is 1. The Balaban J connectivity index is 2.16. The Kier molecular flexibility index (Phi) is 3.28. The van der Waals surface area contributed by atoms with E-state index in [1.165, 1.54) is 9.75 Å². The molecule has 2 aromatic rings. The number of thiazole rings is 1. The van der Waals surface area contributed by atoms with Gasteiger partial charge in [-0.1, -0.05) is 0 Å². The van der Waals surface area contributed by atoms with Crippen LogP contribution in [0.1, 0.15) is 16.3 Å². The molecule has 0 aromatic carbocycles. The maximum Gasteiger partial charge on any atom is 0.120 e. The Morgan fingerprint density at radius 3 is 3.00 bits per heavy atom.